The zero-order chi connectivity index (χ0) is 20.8. The first-order valence-electron chi connectivity index (χ1n) is 10.6. The molecule has 4 rings (SSSR count). The van der Waals surface area contributed by atoms with E-state index in [1.54, 1.807) is 11.8 Å². The van der Waals surface area contributed by atoms with Gasteiger partial charge in [-0.1, -0.05) is 18.6 Å². The standard InChI is InChI=1S/C23H29NO3S3/c1-28-18-9-7-17(8-10-18)19-11-12-20(30-19)23(13-3-5-15-29-23)16-21(25)24-27-22-6-2-4-14-26-22/h7-12,22H,2-6,13-16H2,1H3,(H,24,25)/t22?,23-/m0/s1. The molecule has 2 aliphatic heterocycles. The maximum atomic E-state index is 12.8. The fourth-order valence-electron chi connectivity index (χ4n) is 4.00. The van der Waals surface area contributed by atoms with Gasteiger partial charge in [0.25, 0.3) is 0 Å². The summed E-state index contributed by atoms with van der Waals surface area (Å²) in [6.45, 7) is 0.705. The van der Waals surface area contributed by atoms with E-state index in [9.17, 15) is 4.79 Å². The molecule has 0 aliphatic carbocycles. The molecule has 1 aromatic heterocycles. The fourth-order valence-corrected chi connectivity index (χ4v) is 7.30. The van der Waals surface area contributed by atoms with Crippen LogP contribution in [0.3, 0.4) is 0 Å². The Kier molecular flexibility index (Phi) is 7.81. The number of rotatable bonds is 7. The Balaban J connectivity index is 1.46. The van der Waals surface area contributed by atoms with E-state index in [0.29, 0.717) is 13.0 Å². The highest BCUT2D eigenvalue weighted by Gasteiger charge is 2.38. The van der Waals surface area contributed by atoms with Crippen molar-refractivity contribution < 1.29 is 14.4 Å². The number of nitrogens with one attached hydrogen (secondary N) is 1. The first-order valence-corrected chi connectivity index (χ1v) is 13.7. The predicted octanol–water partition coefficient (Wildman–Crippen LogP) is 6.21. The van der Waals surface area contributed by atoms with Crippen molar-refractivity contribution in [3.8, 4) is 10.4 Å². The molecule has 2 aliphatic rings. The number of thioether (sulfide) groups is 2. The summed E-state index contributed by atoms with van der Waals surface area (Å²) >= 11 is 5.50. The highest BCUT2D eigenvalue weighted by molar-refractivity contribution is 8.00. The number of hydrogen-bond donors (Lipinski definition) is 1. The van der Waals surface area contributed by atoms with Gasteiger partial charge < -0.3 is 4.74 Å². The van der Waals surface area contributed by atoms with Crippen LogP contribution in [0.1, 0.15) is 49.8 Å². The van der Waals surface area contributed by atoms with Crippen molar-refractivity contribution in [1.82, 2.24) is 5.48 Å². The van der Waals surface area contributed by atoms with Gasteiger partial charge in [0.2, 0.25) is 5.91 Å². The third-order valence-electron chi connectivity index (χ3n) is 5.67. The Morgan fingerprint density at radius 3 is 2.77 bits per heavy atom. The third kappa shape index (κ3) is 5.43. The molecule has 30 heavy (non-hydrogen) atoms. The first kappa shape index (κ1) is 22.2. The summed E-state index contributed by atoms with van der Waals surface area (Å²) in [5, 5.41) is 0. The van der Waals surface area contributed by atoms with Crippen LogP contribution in [-0.2, 0) is 19.1 Å². The maximum absolute atomic E-state index is 12.8. The van der Waals surface area contributed by atoms with Crippen LogP contribution in [0.2, 0.25) is 0 Å². The molecule has 2 atom stereocenters. The SMILES string of the molecule is CSc1ccc(-c2ccc([C@@]3(CC(=O)NOC4CCCCO4)CCCCS3)s2)cc1. The zero-order valence-electron chi connectivity index (χ0n) is 17.4. The second-order valence-electron chi connectivity index (χ2n) is 7.81. The number of hydrogen-bond acceptors (Lipinski definition) is 6. The topological polar surface area (TPSA) is 47.6 Å². The minimum absolute atomic E-state index is 0.0575. The van der Waals surface area contributed by atoms with Crippen molar-refractivity contribution in [2.75, 3.05) is 18.6 Å². The summed E-state index contributed by atoms with van der Waals surface area (Å²) in [7, 11) is 0. The van der Waals surface area contributed by atoms with Crippen molar-refractivity contribution in [2.24, 2.45) is 0 Å². The van der Waals surface area contributed by atoms with Gasteiger partial charge in [-0.3, -0.25) is 4.79 Å². The van der Waals surface area contributed by atoms with Crippen molar-refractivity contribution in [1.29, 1.82) is 0 Å². The van der Waals surface area contributed by atoms with Gasteiger partial charge >= 0.3 is 0 Å². The van der Waals surface area contributed by atoms with Gasteiger partial charge in [-0.05, 0) is 67.5 Å². The summed E-state index contributed by atoms with van der Waals surface area (Å²) < 4.78 is 5.39. The van der Waals surface area contributed by atoms with Crippen LogP contribution in [0, 0.1) is 0 Å². The molecule has 162 valence electrons. The molecule has 0 spiro atoms. The van der Waals surface area contributed by atoms with E-state index in [1.165, 1.54) is 26.6 Å². The Bertz CT molecular complexity index is 824. The molecule has 0 bridgehead atoms. The molecule has 1 N–H and O–H groups in total. The molecule has 2 fully saturated rings. The molecule has 1 unspecified atom stereocenters. The van der Waals surface area contributed by atoms with Crippen molar-refractivity contribution in [3.05, 3.63) is 41.3 Å². The van der Waals surface area contributed by atoms with E-state index in [0.717, 1.165) is 37.9 Å². The van der Waals surface area contributed by atoms with Crippen LogP contribution >= 0.6 is 34.9 Å². The highest BCUT2D eigenvalue weighted by Crippen LogP contribution is 2.50. The summed E-state index contributed by atoms with van der Waals surface area (Å²) in [6, 6.07) is 13.1. The second kappa shape index (κ2) is 10.6. The van der Waals surface area contributed by atoms with Crippen LogP contribution in [-0.4, -0.2) is 30.8 Å². The number of ether oxygens (including phenoxy) is 1. The second-order valence-corrected chi connectivity index (χ2v) is 11.3. The molecule has 7 heteroatoms. The van der Waals surface area contributed by atoms with Gasteiger partial charge in [0.15, 0.2) is 6.29 Å². The average molecular weight is 464 g/mol. The van der Waals surface area contributed by atoms with E-state index in [4.69, 9.17) is 9.57 Å². The summed E-state index contributed by atoms with van der Waals surface area (Å²) in [6.07, 6.45) is 8.60. The summed E-state index contributed by atoms with van der Waals surface area (Å²) in [5.74, 6) is 1.04. The van der Waals surface area contributed by atoms with Gasteiger partial charge in [-0.25, -0.2) is 10.3 Å². The Labute approximate surface area is 191 Å². The molecule has 0 radical (unpaired) electrons. The smallest absolute Gasteiger partial charge is 0.245 e. The highest BCUT2D eigenvalue weighted by atomic mass is 32.2. The van der Waals surface area contributed by atoms with E-state index in [-0.39, 0.29) is 16.9 Å². The van der Waals surface area contributed by atoms with Crippen molar-refractivity contribution >= 4 is 40.8 Å². The van der Waals surface area contributed by atoms with E-state index < -0.39 is 0 Å². The molecule has 3 heterocycles. The molecule has 2 aromatic rings. The first-order chi connectivity index (χ1) is 14.7. The molecular weight excluding hydrogens is 434 g/mol. The van der Waals surface area contributed by atoms with Crippen LogP contribution in [0.15, 0.2) is 41.3 Å². The Morgan fingerprint density at radius 2 is 2.07 bits per heavy atom. The van der Waals surface area contributed by atoms with Gasteiger partial charge in [-0.2, -0.15) is 0 Å². The lowest BCUT2D eigenvalue weighted by Gasteiger charge is -2.35. The Morgan fingerprint density at radius 1 is 1.20 bits per heavy atom. The van der Waals surface area contributed by atoms with Crippen LogP contribution in [0.25, 0.3) is 10.4 Å². The number of hydroxylamine groups is 1. The quantitative estimate of drug-likeness (QED) is 0.390. The number of thiophene rings is 1. The monoisotopic (exact) mass is 463 g/mol. The predicted molar refractivity (Wildman–Crippen MR) is 127 cm³/mol. The van der Waals surface area contributed by atoms with Gasteiger partial charge in [0, 0.05) is 34.1 Å². The minimum atomic E-state index is -0.310. The largest absolute Gasteiger partial charge is 0.350 e. The molecule has 1 aromatic carbocycles. The van der Waals surface area contributed by atoms with E-state index in [1.807, 2.05) is 23.1 Å². The van der Waals surface area contributed by atoms with Gasteiger partial charge in [0.05, 0.1) is 4.75 Å². The molecule has 0 saturated carbocycles. The Hall–Kier alpha value is -0.990. The normalized spacial score (nSPS) is 24.5. The zero-order valence-corrected chi connectivity index (χ0v) is 19.8. The average Bonchev–Trinajstić information content (AvgIpc) is 3.30. The van der Waals surface area contributed by atoms with E-state index in [2.05, 4.69) is 48.1 Å². The van der Waals surface area contributed by atoms with Gasteiger partial charge in [-0.15, -0.1) is 34.9 Å². The summed E-state index contributed by atoms with van der Waals surface area (Å²) in [5.41, 5.74) is 3.91. The molecule has 2 saturated heterocycles. The van der Waals surface area contributed by atoms with Crippen LogP contribution < -0.4 is 5.48 Å². The third-order valence-corrected chi connectivity index (χ3v) is 9.50. The number of benzene rings is 1. The van der Waals surface area contributed by atoms with Crippen molar-refractivity contribution in [2.45, 2.75) is 60.9 Å². The minimum Gasteiger partial charge on any atom is -0.350 e. The van der Waals surface area contributed by atoms with E-state index >= 15 is 0 Å². The maximum Gasteiger partial charge on any atom is 0.245 e. The summed E-state index contributed by atoms with van der Waals surface area (Å²) in [4.78, 5) is 22.1. The van der Waals surface area contributed by atoms with Crippen molar-refractivity contribution in [3.63, 3.8) is 0 Å². The van der Waals surface area contributed by atoms with Crippen LogP contribution in [0.5, 0.6) is 0 Å². The lowest BCUT2D eigenvalue weighted by Crippen LogP contribution is -2.37. The molecule has 4 nitrogen and oxygen atoms in total. The molecule has 1 amide bonds. The number of carbonyl (C=O) groups excluding carboxylic acids is 1. The molecular formula is C23H29NO3S3. The van der Waals surface area contributed by atoms with Gasteiger partial charge in [0.1, 0.15) is 0 Å². The number of carbonyl (C=O) groups is 1. The lowest BCUT2D eigenvalue weighted by molar-refractivity contribution is -0.200. The fraction of sp³-hybridized carbons (Fsp3) is 0.522. The van der Waals surface area contributed by atoms with Crippen LogP contribution in [0.4, 0.5) is 0 Å². The number of amides is 1. The lowest BCUT2D eigenvalue weighted by atomic mass is 9.94.